The van der Waals surface area contributed by atoms with Gasteiger partial charge in [-0.3, -0.25) is 10.1 Å². The molecule has 1 aliphatic heterocycles. The SMILES string of the molecule is Cc1cccc([C@H]2CCCN2C(=O)Nc2ccccc2[N+](=O)[O-])c1. The van der Waals surface area contributed by atoms with Crippen molar-refractivity contribution in [2.75, 3.05) is 11.9 Å². The second-order valence-corrected chi connectivity index (χ2v) is 5.97. The molecular formula is C18H19N3O3. The summed E-state index contributed by atoms with van der Waals surface area (Å²) in [5, 5.41) is 13.8. The van der Waals surface area contributed by atoms with Crippen LogP contribution in [0.25, 0.3) is 0 Å². The lowest BCUT2D eigenvalue weighted by Crippen LogP contribution is -2.34. The highest BCUT2D eigenvalue weighted by molar-refractivity contribution is 5.92. The number of hydrogen-bond donors (Lipinski definition) is 1. The first-order chi connectivity index (χ1) is 11.6. The summed E-state index contributed by atoms with van der Waals surface area (Å²) in [5.41, 5.74) is 2.38. The van der Waals surface area contributed by atoms with Gasteiger partial charge in [-0.25, -0.2) is 4.79 Å². The number of nitro benzene ring substituents is 1. The van der Waals surface area contributed by atoms with Crippen molar-refractivity contribution >= 4 is 17.4 Å². The molecule has 124 valence electrons. The number of rotatable bonds is 3. The molecule has 2 aromatic rings. The molecule has 1 fully saturated rings. The van der Waals surface area contributed by atoms with Gasteiger partial charge in [0.25, 0.3) is 5.69 Å². The summed E-state index contributed by atoms with van der Waals surface area (Å²) < 4.78 is 0. The molecule has 1 heterocycles. The van der Waals surface area contributed by atoms with Gasteiger partial charge >= 0.3 is 6.03 Å². The zero-order valence-electron chi connectivity index (χ0n) is 13.4. The van der Waals surface area contributed by atoms with Crippen molar-refractivity contribution in [2.45, 2.75) is 25.8 Å². The summed E-state index contributed by atoms with van der Waals surface area (Å²) in [5.74, 6) is 0. The number of benzene rings is 2. The minimum Gasteiger partial charge on any atom is -0.317 e. The van der Waals surface area contributed by atoms with Gasteiger partial charge in [-0.2, -0.15) is 0 Å². The fourth-order valence-corrected chi connectivity index (χ4v) is 3.16. The summed E-state index contributed by atoms with van der Waals surface area (Å²) in [6, 6.07) is 14.0. The van der Waals surface area contributed by atoms with Crippen molar-refractivity contribution in [3.05, 3.63) is 69.8 Å². The number of carbonyl (C=O) groups excluding carboxylic acids is 1. The van der Waals surface area contributed by atoms with Gasteiger partial charge in [-0.1, -0.05) is 42.0 Å². The van der Waals surface area contributed by atoms with Crippen LogP contribution in [0.5, 0.6) is 0 Å². The molecule has 0 aromatic heterocycles. The fourth-order valence-electron chi connectivity index (χ4n) is 3.16. The molecule has 1 atom stereocenters. The number of urea groups is 1. The van der Waals surface area contributed by atoms with E-state index < -0.39 is 4.92 Å². The Kier molecular flexibility index (Phi) is 4.46. The number of anilines is 1. The number of hydrogen-bond acceptors (Lipinski definition) is 3. The monoisotopic (exact) mass is 325 g/mol. The molecule has 0 aliphatic carbocycles. The normalized spacial score (nSPS) is 16.9. The standard InChI is InChI=1S/C18H19N3O3/c1-13-6-4-7-14(12-13)16-10-5-11-20(16)18(22)19-15-8-2-3-9-17(15)21(23)24/h2-4,6-9,12,16H,5,10-11H2,1H3,(H,19,22)/t16-/m1/s1. The van der Waals surface area contributed by atoms with Crippen LogP contribution in [0.3, 0.4) is 0 Å². The van der Waals surface area contributed by atoms with Crippen LogP contribution in [0.2, 0.25) is 0 Å². The third-order valence-corrected chi connectivity index (χ3v) is 4.28. The number of nitro groups is 1. The average molecular weight is 325 g/mol. The van der Waals surface area contributed by atoms with Crippen LogP contribution in [0.1, 0.15) is 30.0 Å². The van der Waals surface area contributed by atoms with Crippen molar-refractivity contribution < 1.29 is 9.72 Å². The topological polar surface area (TPSA) is 75.5 Å². The largest absolute Gasteiger partial charge is 0.322 e. The maximum absolute atomic E-state index is 12.7. The number of nitrogens with zero attached hydrogens (tertiary/aromatic N) is 2. The fraction of sp³-hybridized carbons (Fsp3) is 0.278. The first kappa shape index (κ1) is 16.0. The molecule has 1 aliphatic rings. The molecule has 0 bridgehead atoms. The first-order valence-corrected chi connectivity index (χ1v) is 7.94. The van der Waals surface area contributed by atoms with Crippen LogP contribution < -0.4 is 5.32 Å². The van der Waals surface area contributed by atoms with Gasteiger partial charge < -0.3 is 10.2 Å². The van der Waals surface area contributed by atoms with Crippen LogP contribution >= 0.6 is 0 Å². The van der Waals surface area contributed by atoms with E-state index in [2.05, 4.69) is 11.4 Å². The van der Waals surface area contributed by atoms with E-state index in [1.54, 1.807) is 23.1 Å². The summed E-state index contributed by atoms with van der Waals surface area (Å²) in [4.78, 5) is 25.0. The van der Waals surface area contributed by atoms with Gasteiger partial charge in [0.2, 0.25) is 0 Å². The molecule has 24 heavy (non-hydrogen) atoms. The van der Waals surface area contributed by atoms with Crippen LogP contribution in [-0.2, 0) is 0 Å². The van der Waals surface area contributed by atoms with E-state index in [9.17, 15) is 14.9 Å². The number of aryl methyl sites for hydroxylation is 1. The van der Waals surface area contributed by atoms with Gasteiger partial charge in [0.15, 0.2) is 0 Å². The smallest absolute Gasteiger partial charge is 0.317 e. The van der Waals surface area contributed by atoms with Crippen molar-refractivity contribution in [3.8, 4) is 0 Å². The highest BCUT2D eigenvalue weighted by Crippen LogP contribution is 2.33. The van der Waals surface area contributed by atoms with Crippen LogP contribution in [-0.4, -0.2) is 22.4 Å². The number of nitrogens with one attached hydrogen (secondary N) is 1. The second kappa shape index (κ2) is 6.70. The van der Waals surface area contributed by atoms with E-state index in [0.29, 0.717) is 6.54 Å². The van der Waals surface area contributed by atoms with E-state index in [0.717, 1.165) is 24.0 Å². The number of carbonyl (C=O) groups is 1. The van der Waals surface area contributed by atoms with E-state index in [-0.39, 0.29) is 23.4 Å². The van der Waals surface area contributed by atoms with Crippen molar-refractivity contribution in [3.63, 3.8) is 0 Å². The third-order valence-electron chi connectivity index (χ3n) is 4.28. The maximum atomic E-state index is 12.7. The van der Waals surface area contributed by atoms with E-state index >= 15 is 0 Å². The third kappa shape index (κ3) is 3.22. The number of para-hydroxylation sites is 2. The minimum absolute atomic E-state index is 0.00710. The lowest BCUT2D eigenvalue weighted by Gasteiger charge is -2.25. The Morgan fingerprint density at radius 1 is 1.25 bits per heavy atom. The van der Waals surface area contributed by atoms with Gasteiger partial charge in [-0.15, -0.1) is 0 Å². The Morgan fingerprint density at radius 2 is 2.04 bits per heavy atom. The molecule has 6 nitrogen and oxygen atoms in total. The molecule has 3 rings (SSSR count). The lowest BCUT2D eigenvalue weighted by atomic mass is 10.0. The Labute approximate surface area is 140 Å². The Bertz CT molecular complexity index is 776. The molecule has 1 saturated heterocycles. The average Bonchev–Trinajstić information content (AvgIpc) is 3.05. The Hall–Kier alpha value is -2.89. The molecule has 2 aromatic carbocycles. The molecule has 0 saturated carbocycles. The maximum Gasteiger partial charge on any atom is 0.322 e. The highest BCUT2D eigenvalue weighted by atomic mass is 16.6. The van der Waals surface area contributed by atoms with Crippen LogP contribution in [0.4, 0.5) is 16.2 Å². The summed E-state index contributed by atoms with van der Waals surface area (Å²) in [6.45, 7) is 2.67. The van der Waals surface area contributed by atoms with Crippen molar-refractivity contribution in [2.24, 2.45) is 0 Å². The second-order valence-electron chi connectivity index (χ2n) is 5.97. The van der Waals surface area contributed by atoms with Crippen molar-refractivity contribution in [1.82, 2.24) is 4.90 Å². The van der Waals surface area contributed by atoms with Crippen LogP contribution in [0.15, 0.2) is 48.5 Å². The van der Waals surface area contributed by atoms with Crippen LogP contribution in [0, 0.1) is 17.0 Å². The lowest BCUT2D eigenvalue weighted by molar-refractivity contribution is -0.383. The summed E-state index contributed by atoms with van der Waals surface area (Å²) in [7, 11) is 0. The first-order valence-electron chi connectivity index (χ1n) is 7.94. The Morgan fingerprint density at radius 3 is 2.79 bits per heavy atom. The Balaban J connectivity index is 1.81. The highest BCUT2D eigenvalue weighted by Gasteiger charge is 2.30. The zero-order valence-corrected chi connectivity index (χ0v) is 13.4. The number of amides is 2. The zero-order chi connectivity index (χ0) is 17.1. The molecule has 2 amide bonds. The van der Waals surface area contributed by atoms with Gasteiger partial charge in [0.05, 0.1) is 11.0 Å². The van der Waals surface area contributed by atoms with Gasteiger partial charge in [-0.05, 0) is 31.4 Å². The summed E-state index contributed by atoms with van der Waals surface area (Å²) >= 11 is 0. The van der Waals surface area contributed by atoms with Gasteiger partial charge in [0, 0.05) is 12.6 Å². The molecule has 0 radical (unpaired) electrons. The predicted molar refractivity (Wildman–Crippen MR) is 92.0 cm³/mol. The molecular weight excluding hydrogens is 306 g/mol. The van der Waals surface area contributed by atoms with Gasteiger partial charge in [0.1, 0.15) is 5.69 Å². The van der Waals surface area contributed by atoms with Crippen molar-refractivity contribution in [1.29, 1.82) is 0 Å². The predicted octanol–water partition coefficient (Wildman–Crippen LogP) is 4.27. The summed E-state index contributed by atoms with van der Waals surface area (Å²) in [6.07, 6.45) is 1.82. The quantitative estimate of drug-likeness (QED) is 0.676. The number of likely N-dealkylation sites (tertiary alicyclic amines) is 1. The molecule has 0 unspecified atom stereocenters. The minimum atomic E-state index is -0.488. The van der Waals surface area contributed by atoms with E-state index in [1.807, 2.05) is 25.1 Å². The molecule has 0 spiro atoms. The molecule has 6 heteroatoms. The molecule has 1 N–H and O–H groups in total. The van der Waals surface area contributed by atoms with E-state index in [4.69, 9.17) is 0 Å². The van der Waals surface area contributed by atoms with E-state index in [1.165, 1.54) is 6.07 Å².